The number of nitrogens with zero attached hydrogens (tertiary/aromatic N) is 2. The zero-order valence-electron chi connectivity index (χ0n) is 12.9. The molecule has 0 amide bonds. The number of nitro groups is 1. The summed E-state index contributed by atoms with van der Waals surface area (Å²) in [6.07, 6.45) is 0.593. The highest BCUT2D eigenvalue weighted by Crippen LogP contribution is 2.33. The highest BCUT2D eigenvalue weighted by Gasteiger charge is 2.30. The zero-order chi connectivity index (χ0) is 17.1. The van der Waals surface area contributed by atoms with Crippen molar-refractivity contribution in [1.82, 2.24) is 0 Å². The van der Waals surface area contributed by atoms with Gasteiger partial charge >= 0.3 is 0 Å². The summed E-state index contributed by atoms with van der Waals surface area (Å²) in [5.74, 6) is -0.239. The zero-order valence-corrected chi connectivity index (χ0v) is 13.7. The van der Waals surface area contributed by atoms with Crippen molar-refractivity contribution in [3.05, 3.63) is 69.8 Å². The van der Waals surface area contributed by atoms with E-state index in [-0.39, 0.29) is 18.7 Å². The molecular formula is C17H16N2O4S. The van der Waals surface area contributed by atoms with E-state index in [1.165, 1.54) is 0 Å². The number of hydrogen-bond acceptors (Lipinski definition) is 5. The Hall–Kier alpha value is -2.38. The number of ketones is 1. The number of hydrogen-bond donors (Lipinski definition) is 0. The van der Waals surface area contributed by atoms with Crippen LogP contribution in [0.25, 0.3) is 0 Å². The average Bonchev–Trinajstić information content (AvgIpc) is 3.02. The van der Waals surface area contributed by atoms with Gasteiger partial charge in [0.25, 0.3) is 0 Å². The minimum atomic E-state index is -1.29. The van der Waals surface area contributed by atoms with Gasteiger partial charge in [-0.2, -0.15) is 4.31 Å². The van der Waals surface area contributed by atoms with Crippen LogP contribution in [-0.4, -0.2) is 28.3 Å². The first-order valence-corrected chi connectivity index (χ1v) is 8.69. The summed E-state index contributed by atoms with van der Waals surface area (Å²) in [7, 11) is 0. The standard InChI is InChI=1S/C17H16N2O4S/c20-17(9-11-19(21)22)14-6-7-16-13(12-14)8-10-18(16)24(23)15-4-2-1-3-5-15/h1-7,12H,8-11H2. The Morgan fingerprint density at radius 3 is 2.67 bits per heavy atom. The second kappa shape index (κ2) is 7.02. The maximum absolute atomic E-state index is 12.7. The van der Waals surface area contributed by atoms with Crippen molar-refractivity contribution in [2.24, 2.45) is 0 Å². The van der Waals surface area contributed by atoms with Gasteiger partial charge in [-0.3, -0.25) is 14.9 Å². The monoisotopic (exact) mass is 344 g/mol. The van der Waals surface area contributed by atoms with Crippen LogP contribution in [0, 0.1) is 10.1 Å². The molecule has 2 aromatic carbocycles. The summed E-state index contributed by atoms with van der Waals surface area (Å²) in [4.78, 5) is 22.6. The van der Waals surface area contributed by atoms with Crippen molar-refractivity contribution in [1.29, 1.82) is 0 Å². The predicted octanol–water partition coefficient (Wildman–Crippen LogP) is 2.62. The van der Waals surface area contributed by atoms with E-state index in [1.54, 1.807) is 18.2 Å². The molecule has 0 saturated carbocycles. The van der Waals surface area contributed by atoms with Crippen molar-refractivity contribution < 1.29 is 14.3 Å². The highest BCUT2D eigenvalue weighted by molar-refractivity contribution is 7.92. The number of Topliss-reactive ketones (excluding diaryl/α,β-unsaturated/α-hetero) is 1. The first kappa shape index (κ1) is 16.5. The SMILES string of the molecule is O=C(CC[N+](=O)[O-])c1ccc2c(c1)CCN2[S+]([O-])c1ccccc1. The van der Waals surface area contributed by atoms with Crippen LogP contribution in [0.3, 0.4) is 0 Å². The van der Waals surface area contributed by atoms with Gasteiger partial charge in [0.15, 0.2) is 10.7 Å². The summed E-state index contributed by atoms with van der Waals surface area (Å²) in [5.41, 5.74) is 2.28. The van der Waals surface area contributed by atoms with Gasteiger partial charge in [-0.25, -0.2) is 0 Å². The highest BCUT2D eigenvalue weighted by atomic mass is 32.2. The van der Waals surface area contributed by atoms with E-state index in [2.05, 4.69) is 0 Å². The van der Waals surface area contributed by atoms with Crippen molar-refractivity contribution in [3.8, 4) is 0 Å². The van der Waals surface area contributed by atoms with Gasteiger partial charge in [-0.1, -0.05) is 18.2 Å². The lowest BCUT2D eigenvalue weighted by atomic mass is 10.0. The van der Waals surface area contributed by atoms with Gasteiger partial charge in [-0.05, 0) is 42.3 Å². The molecule has 0 bridgehead atoms. The van der Waals surface area contributed by atoms with E-state index >= 15 is 0 Å². The smallest absolute Gasteiger partial charge is 0.211 e. The number of benzene rings is 2. The summed E-state index contributed by atoms with van der Waals surface area (Å²) >= 11 is -1.29. The number of carbonyl (C=O) groups is 1. The van der Waals surface area contributed by atoms with E-state index < -0.39 is 16.3 Å². The first-order valence-electron chi connectivity index (χ1n) is 7.58. The molecule has 1 aliphatic rings. The fraction of sp³-hybridized carbons (Fsp3) is 0.235. The molecule has 0 radical (unpaired) electrons. The van der Waals surface area contributed by atoms with E-state index in [0.29, 0.717) is 18.5 Å². The summed E-state index contributed by atoms with van der Waals surface area (Å²) in [6, 6.07) is 14.4. The van der Waals surface area contributed by atoms with Crippen LogP contribution in [0.5, 0.6) is 0 Å². The van der Waals surface area contributed by atoms with E-state index in [0.717, 1.165) is 16.1 Å². The van der Waals surface area contributed by atoms with Crippen LogP contribution in [-0.2, 0) is 17.8 Å². The van der Waals surface area contributed by atoms with Crippen LogP contribution >= 0.6 is 0 Å². The fourth-order valence-corrected chi connectivity index (χ4v) is 3.98. The van der Waals surface area contributed by atoms with Crippen molar-refractivity contribution in [3.63, 3.8) is 0 Å². The second-order valence-electron chi connectivity index (χ2n) is 5.49. The van der Waals surface area contributed by atoms with Crippen LogP contribution in [0.1, 0.15) is 22.3 Å². The third kappa shape index (κ3) is 3.42. The Kier molecular flexibility index (Phi) is 4.82. The van der Waals surface area contributed by atoms with Crippen molar-refractivity contribution >= 4 is 22.8 Å². The molecule has 1 aliphatic heterocycles. The van der Waals surface area contributed by atoms with Crippen LogP contribution in [0.4, 0.5) is 5.69 Å². The average molecular weight is 344 g/mol. The summed E-state index contributed by atoms with van der Waals surface area (Å²) < 4.78 is 14.5. The largest absolute Gasteiger partial charge is 0.588 e. The normalized spacial score (nSPS) is 14.3. The minimum Gasteiger partial charge on any atom is -0.588 e. The van der Waals surface area contributed by atoms with Gasteiger partial charge in [-0.15, -0.1) is 0 Å². The molecule has 0 aliphatic carbocycles. The summed E-state index contributed by atoms with van der Waals surface area (Å²) in [6.45, 7) is 0.253. The Labute approximate surface area is 142 Å². The van der Waals surface area contributed by atoms with Gasteiger partial charge in [0.2, 0.25) is 6.54 Å². The number of carbonyl (C=O) groups excluding carboxylic acids is 1. The van der Waals surface area contributed by atoms with E-state index in [1.807, 2.05) is 34.6 Å². The molecule has 0 aromatic heterocycles. The Morgan fingerprint density at radius 2 is 1.96 bits per heavy atom. The Bertz CT molecular complexity index is 766. The number of fused-ring (bicyclic) bond motifs is 1. The molecule has 24 heavy (non-hydrogen) atoms. The quantitative estimate of drug-likeness (QED) is 0.348. The maximum atomic E-state index is 12.7. The van der Waals surface area contributed by atoms with Gasteiger partial charge < -0.3 is 4.55 Å². The van der Waals surface area contributed by atoms with Crippen LogP contribution in [0.2, 0.25) is 0 Å². The van der Waals surface area contributed by atoms with Gasteiger partial charge in [0, 0.05) is 10.5 Å². The first-order chi connectivity index (χ1) is 11.6. The third-order valence-corrected chi connectivity index (χ3v) is 5.38. The molecule has 1 atom stereocenters. The molecule has 0 spiro atoms. The van der Waals surface area contributed by atoms with Gasteiger partial charge in [0.05, 0.1) is 18.7 Å². The Morgan fingerprint density at radius 1 is 1.21 bits per heavy atom. The lowest BCUT2D eigenvalue weighted by Crippen LogP contribution is -2.29. The second-order valence-corrected chi connectivity index (χ2v) is 6.90. The molecule has 0 fully saturated rings. The molecule has 7 heteroatoms. The molecule has 0 saturated heterocycles. The molecule has 3 rings (SSSR count). The topological polar surface area (TPSA) is 86.5 Å². The maximum Gasteiger partial charge on any atom is 0.211 e. The van der Waals surface area contributed by atoms with Crippen LogP contribution in [0.15, 0.2) is 53.4 Å². The summed E-state index contributed by atoms with van der Waals surface area (Å²) in [5, 5.41) is 10.4. The van der Waals surface area contributed by atoms with E-state index in [4.69, 9.17) is 0 Å². The van der Waals surface area contributed by atoms with Gasteiger partial charge in [0.1, 0.15) is 11.4 Å². The number of anilines is 1. The Balaban J connectivity index is 1.78. The molecule has 1 unspecified atom stereocenters. The fourth-order valence-electron chi connectivity index (χ4n) is 2.72. The van der Waals surface area contributed by atoms with Crippen molar-refractivity contribution in [2.45, 2.75) is 17.7 Å². The number of rotatable bonds is 6. The van der Waals surface area contributed by atoms with E-state index in [9.17, 15) is 19.5 Å². The third-order valence-electron chi connectivity index (χ3n) is 3.92. The lowest BCUT2D eigenvalue weighted by molar-refractivity contribution is -0.478. The molecule has 2 aromatic rings. The molecule has 1 heterocycles. The molecule has 0 N–H and O–H groups in total. The molecule has 6 nitrogen and oxygen atoms in total. The minimum absolute atomic E-state index is 0.106. The molecule has 124 valence electrons. The van der Waals surface area contributed by atoms with Crippen molar-refractivity contribution in [2.75, 3.05) is 17.4 Å². The van der Waals surface area contributed by atoms with Crippen LogP contribution < -0.4 is 4.31 Å². The lowest BCUT2D eigenvalue weighted by Gasteiger charge is -2.21. The molecular weight excluding hydrogens is 328 g/mol. The predicted molar refractivity (Wildman–Crippen MR) is 91.2 cm³/mol.